The highest BCUT2D eigenvalue weighted by Crippen LogP contribution is 2.27. The molecule has 1 amide bonds. The fourth-order valence-corrected chi connectivity index (χ4v) is 2.35. The Morgan fingerprint density at radius 1 is 1.43 bits per heavy atom. The Hall–Kier alpha value is -1.76. The van der Waals surface area contributed by atoms with Crippen molar-refractivity contribution >= 4 is 5.91 Å². The monoisotopic (exact) mass is 302 g/mol. The fraction of sp³-hybridized carbons (Fsp3) is 0.500. The Kier molecular flexibility index (Phi) is 4.72. The van der Waals surface area contributed by atoms with E-state index >= 15 is 0 Å². The number of carbonyl (C=O) groups excluding carboxylic acids is 1. The first kappa shape index (κ1) is 15.6. The maximum atomic E-state index is 12.4. The number of halogens is 3. The maximum absolute atomic E-state index is 12.4. The van der Waals surface area contributed by atoms with E-state index in [1.807, 2.05) is 0 Å². The van der Waals surface area contributed by atoms with Crippen molar-refractivity contribution in [1.29, 1.82) is 0 Å². The third kappa shape index (κ3) is 4.35. The van der Waals surface area contributed by atoms with E-state index in [0.717, 1.165) is 19.4 Å². The normalized spacial score (nSPS) is 18.6. The third-order valence-electron chi connectivity index (χ3n) is 3.34. The van der Waals surface area contributed by atoms with Crippen molar-refractivity contribution in [2.45, 2.75) is 31.8 Å². The predicted molar refractivity (Wildman–Crippen MR) is 70.6 cm³/mol. The molecule has 1 aliphatic heterocycles. The van der Waals surface area contributed by atoms with Crippen molar-refractivity contribution in [3.8, 4) is 5.75 Å². The van der Waals surface area contributed by atoms with Gasteiger partial charge in [-0.2, -0.15) is 0 Å². The highest BCUT2D eigenvalue weighted by Gasteiger charge is 2.32. The lowest BCUT2D eigenvalue weighted by Gasteiger charge is -2.22. The van der Waals surface area contributed by atoms with Gasteiger partial charge in [0.15, 0.2) is 0 Å². The zero-order chi connectivity index (χ0) is 15.5. The van der Waals surface area contributed by atoms with Crippen molar-refractivity contribution in [3.05, 3.63) is 29.8 Å². The number of carbonyl (C=O) groups is 1. The summed E-state index contributed by atoms with van der Waals surface area (Å²) in [5, 5.41) is 3.07. The van der Waals surface area contributed by atoms with E-state index in [1.165, 1.54) is 23.1 Å². The van der Waals surface area contributed by atoms with Crippen molar-refractivity contribution in [1.82, 2.24) is 10.2 Å². The lowest BCUT2D eigenvalue weighted by atomic mass is 10.1. The Bertz CT molecular complexity index is 499. The van der Waals surface area contributed by atoms with Crippen LogP contribution in [0.3, 0.4) is 0 Å². The smallest absolute Gasteiger partial charge is 0.405 e. The highest BCUT2D eigenvalue weighted by molar-refractivity contribution is 5.82. The summed E-state index contributed by atoms with van der Waals surface area (Å²) < 4.78 is 41.0. The number of nitrogens with one attached hydrogen (secondary N) is 1. The minimum atomic E-state index is -4.74. The lowest BCUT2D eigenvalue weighted by molar-refractivity contribution is -0.275. The van der Waals surface area contributed by atoms with E-state index in [9.17, 15) is 18.0 Å². The van der Waals surface area contributed by atoms with Crippen LogP contribution in [0.1, 0.15) is 18.4 Å². The van der Waals surface area contributed by atoms with Crippen LogP contribution in [-0.2, 0) is 11.3 Å². The molecule has 0 aliphatic carbocycles. The van der Waals surface area contributed by atoms with Crippen LogP contribution in [0.4, 0.5) is 13.2 Å². The fourth-order valence-electron chi connectivity index (χ4n) is 2.35. The number of hydrogen-bond acceptors (Lipinski definition) is 3. The molecular formula is C14H17F3N2O2. The largest absolute Gasteiger partial charge is 0.573 e. The molecule has 1 atom stereocenters. The summed E-state index contributed by atoms with van der Waals surface area (Å²) in [4.78, 5) is 13.6. The molecular weight excluding hydrogens is 285 g/mol. The Morgan fingerprint density at radius 2 is 2.14 bits per heavy atom. The molecule has 0 saturated carbocycles. The molecule has 1 fully saturated rings. The van der Waals surface area contributed by atoms with Gasteiger partial charge >= 0.3 is 6.36 Å². The standard InChI is InChI=1S/C14H17F3N2O2/c1-19(13(20)11-6-4-8-18-11)9-10-5-2-3-7-12(10)21-14(15,16)17/h2-3,5,7,11,18H,4,6,8-9H2,1H3. The maximum Gasteiger partial charge on any atom is 0.573 e. The van der Waals surface area contributed by atoms with E-state index in [2.05, 4.69) is 10.1 Å². The van der Waals surface area contributed by atoms with Crippen LogP contribution in [-0.4, -0.2) is 36.8 Å². The van der Waals surface area contributed by atoms with Gasteiger partial charge in [-0.1, -0.05) is 18.2 Å². The first-order valence-electron chi connectivity index (χ1n) is 6.69. The second-order valence-corrected chi connectivity index (χ2v) is 5.00. The Morgan fingerprint density at radius 3 is 2.76 bits per heavy atom. The quantitative estimate of drug-likeness (QED) is 0.928. The first-order chi connectivity index (χ1) is 9.87. The van der Waals surface area contributed by atoms with E-state index in [4.69, 9.17) is 0 Å². The first-order valence-corrected chi connectivity index (χ1v) is 6.69. The number of hydrogen-bond donors (Lipinski definition) is 1. The molecule has 7 heteroatoms. The zero-order valence-electron chi connectivity index (χ0n) is 11.6. The number of nitrogens with zero attached hydrogens (tertiary/aromatic N) is 1. The molecule has 1 aromatic carbocycles. The molecule has 0 radical (unpaired) electrons. The van der Waals surface area contributed by atoms with Gasteiger partial charge in [-0.05, 0) is 25.5 Å². The molecule has 4 nitrogen and oxygen atoms in total. The van der Waals surface area contributed by atoms with Crippen molar-refractivity contribution < 1.29 is 22.7 Å². The number of alkyl halides is 3. The molecule has 0 aromatic heterocycles. The van der Waals surface area contributed by atoms with Gasteiger partial charge in [0.05, 0.1) is 6.04 Å². The van der Waals surface area contributed by atoms with Crippen LogP contribution in [0, 0.1) is 0 Å². The summed E-state index contributed by atoms with van der Waals surface area (Å²) in [5.41, 5.74) is 0.323. The molecule has 116 valence electrons. The van der Waals surface area contributed by atoms with Gasteiger partial charge in [-0.15, -0.1) is 13.2 Å². The van der Waals surface area contributed by atoms with Crippen molar-refractivity contribution in [3.63, 3.8) is 0 Å². The molecule has 1 aliphatic rings. The second kappa shape index (κ2) is 6.34. The topological polar surface area (TPSA) is 41.6 Å². The molecule has 2 rings (SSSR count). The molecule has 1 aromatic rings. The van der Waals surface area contributed by atoms with Gasteiger partial charge in [-0.25, -0.2) is 0 Å². The van der Waals surface area contributed by atoms with Gasteiger partial charge in [-0.3, -0.25) is 4.79 Å². The average molecular weight is 302 g/mol. The van der Waals surface area contributed by atoms with Gasteiger partial charge in [0.1, 0.15) is 5.75 Å². The van der Waals surface area contributed by atoms with Crippen molar-refractivity contribution in [2.75, 3.05) is 13.6 Å². The third-order valence-corrected chi connectivity index (χ3v) is 3.34. The van der Waals surface area contributed by atoms with E-state index < -0.39 is 6.36 Å². The number of likely N-dealkylation sites (N-methyl/N-ethyl adjacent to an activating group) is 1. The molecule has 1 N–H and O–H groups in total. The van der Waals surface area contributed by atoms with Gasteiger partial charge in [0.25, 0.3) is 0 Å². The predicted octanol–water partition coefficient (Wildman–Crippen LogP) is 2.30. The second-order valence-electron chi connectivity index (χ2n) is 5.00. The van der Waals surface area contributed by atoms with Crippen LogP contribution in [0.2, 0.25) is 0 Å². The Labute approximate surface area is 120 Å². The average Bonchev–Trinajstić information content (AvgIpc) is 2.92. The van der Waals surface area contributed by atoms with E-state index in [0.29, 0.717) is 5.56 Å². The molecule has 21 heavy (non-hydrogen) atoms. The summed E-state index contributed by atoms with van der Waals surface area (Å²) in [6.07, 6.45) is -3.06. The molecule has 0 spiro atoms. The van der Waals surface area contributed by atoms with Crippen molar-refractivity contribution in [2.24, 2.45) is 0 Å². The lowest BCUT2D eigenvalue weighted by Crippen LogP contribution is -2.41. The highest BCUT2D eigenvalue weighted by atomic mass is 19.4. The van der Waals surface area contributed by atoms with Crippen LogP contribution >= 0.6 is 0 Å². The van der Waals surface area contributed by atoms with Gasteiger partial charge in [0, 0.05) is 19.2 Å². The van der Waals surface area contributed by atoms with Gasteiger partial charge in [0.2, 0.25) is 5.91 Å². The Balaban J connectivity index is 2.06. The van der Waals surface area contributed by atoms with Crippen LogP contribution in [0.5, 0.6) is 5.75 Å². The molecule has 0 bridgehead atoms. The van der Waals surface area contributed by atoms with Crippen LogP contribution in [0.15, 0.2) is 24.3 Å². The van der Waals surface area contributed by atoms with Crippen LogP contribution < -0.4 is 10.1 Å². The minimum absolute atomic E-state index is 0.0727. The van der Waals surface area contributed by atoms with E-state index in [1.54, 1.807) is 13.1 Å². The SMILES string of the molecule is CN(Cc1ccccc1OC(F)(F)F)C(=O)C1CCCN1. The molecule has 1 heterocycles. The number of rotatable bonds is 4. The molecule has 1 unspecified atom stereocenters. The summed E-state index contributed by atoms with van der Waals surface area (Å²) >= 11 is 0. The summed E-state index contributed by atoms with van der Waals surface area (Å²) in [7, 11) is 1.58. The molecule has 1 saturated heterocycles. The summed E-state index contributed by atoms with van der Waals surface area (Å²) in [5.74, 6) is -0.390. The number of para-hydroxylation sites is 1. The minimum Gasteiger partial charge on any atom is -0.405 e. The van der Waals surface area contributed by atoms with Crippen LogP contribution in [0.25, 0.3) is 0 Å². The number of amides is 1. The number of ether oxygens (including phenoxy) is 1. The summed E-state index contributed by atoms with van der Waals surface area (Å²) in [6.45, 7) is 0.862. The summed E-state index contributed by atoms with van der Waals surface area (Å²) in [6, 6.07) is 5.60. The zero-order valence-corrected chi connectivity index (χ0v) is 11.6. The van der Waals surface area contributed by atoms with Gasteiger partial charge < -0.3 is 15.0 Å². The van der Waals surface area contributed by atoms with E-state index in [-0.39, 0.29) is 24.2 Å². The number of benzene rings is 1.